The highest BCUT2D eigenvalue weighted by atomic mass is 16.5. The molecule has 4 nitrogen and oxygen atoms in total. The van der Waals surface area contributed by atoms with Gasteiger partial charge in [0.15, 0.2) is 0 Å². The van der Waals surface area contributed by atoms with Gasteiger partial charge in [-0.15, -0.1) is 0 Å². The Bertz CT molecular complexity index is 918. The molecule has 3 aromatic rings. The molecule has 26 heavy (non-hydrogen) atoms. The molecule has 3 aromatic carbocycles. The van der Waals surface area contributed by atoms with Crippen LogP contribution in [0.25, 0.3) is 11.1 Å². The molecular formula is C22H17NO3. The molecule has 1 aliphatic rings. The highest BCUT2D eigenvalue weighted by molar-refractivity contribution is 5.86. The summed E-state index contributed by atoms with van der Waals surface area (Å²) in [5.74, 6) is 0.0330. The number of carbonyl (C=O) groups is 2. The molecule has 0 aliphatic heterocycles. The molecule has 4 heteroatoms. The molecular weight excluding hydrogens is 326 g/mol. The molecule has 0 radical (unpaired) electrons. The molecule has 0 bridgehead atoms. The number of fused-ring (bicyclic) bond motifs is 3. The maximum absolute atomic E-state index is 12.1. The first-order valence-corrected chi connectivity index (χ1v) is 8.43. The lowest BCUT2D eigenvalue weighted by atomic mass is 9.98. The van der Waals surface area contributed by atoms with Crippen molar-refractivity contribution < 1.29 is 14.3 Å². The van der Waals surface area contributed by atoms with Crippen molar-refractivity contribution in [2.45, 2.75) is 5.92 Å². The largest absolute Gasteiger partial charge is 0.448 e. The van der Waals surface area contributed by atoms with Crippen molar-refractivity contribution in [2.24, 2.45) is 0 Å². The average Bonchev–Trinajstić information content (AvgIpc) is 3.01. The molecule has 0 heterocycles. The molecule has 128 valence electrons. The number of amides is 1. The molecule has 0 spiro atoms. The van der Waals surface area contributed by atoms with Crippen molar-refractivity contribution in [1.29, 1.82) is 0 Å². The van der Waals surface area contributed by atoms with Gasteiger partial charge in [-0.3, -0.25) is 10.1 Å². The number of benzene rings is 3. The zero-order valence-electron chi connectivity index (χ0n) is 14.0. The molecule has 0 atom stereocenters. The number of ether oxygens (including phenoxy) is 1. The fraction of sp³-hybridized carbons (Fsp3) is 0.0909. The van der Waals surface area contributed by atoms with Gasteiger partial charge in [-0.25, -0.2) is 4.79 Å². The van der Waals surface area contributed by atoms with E-state index >= 15 is 0 Å². The van der Waals surface area contributed by atoms with Crippen LogP contribution in [-0.2, 0) is 4.74 Å². The molecule has 0 saturated heterocycles. The Morgan fingerprint density at radius 1 is 0.885 bits per heavy atom. The first-order chi connectivity index (χ1) is 12.8. The third-order valence-electron chi connectivity index (χ3n) is 4.64. The minimum Gasteiger partial charge on any atom is -0.448 e. The van der Waals surface area contributed by atoms with E-state index < -0.39 is 6.09 Å². The fourth-order valence-corrected chi connectivity index (χ4v) is 3.40. The predicted octanol–water partition coefficient (Wildman–Crippen LogP) is 4.86. The van der Waals surface area contributed by atoms with Gasteiger partial charge in [0.05, 0.1) is 0 Å². The molecule has 0 aromatic heterocycles. The van der Waals surface area contributed by atoms with Crippen LogP contribution in [0.2, 0.25) is 0 Å². The summed E-state index contributed by atoms with van der Waals surface area (Å²) in [4.78, 5) is 22.8. The SMILES string of the molecule is O=Cc1ccc(NC(=O)OCC2c3ccccc3-c3ccccc32)cc1. The molecule has 1 amide bonds. The van der Waals surface area contributed by atoms with E-state index in [2.05, 4.69) is 29.6 Å². The zero-order valence-corrected chi connectivity index (χ0v) is 14.0. The Balaban J connectivity index is 1.47. The maximum atomic E-state index is 12.1. The lowest BCUT2D eigenvalue weighted by molar-refractivity contribution is 0.112. The van der Waals surface area contributed by atoms with Crippen LogP contribution in [0.15, 0.2) is 72.8 Å². The molecule has 4 rings (SSSR count). The quantitative estimate of drug-likeness (QED) is 0.688. The summed E-state index contributed by atoms with van der Waals surface area (Å²) in [6.07, 6.45) is 0.252. The van der Waals surface area contributed by atoms with Gasteiger partial charge in [0.2, 0.25) is 0 Å². The van der Waals surface area contributed by atoms with Gasteiger partial charge >= 0.3 is 6.09 Å². The highest BCUT2D eigenvalue weighted by Crippen LogP contribution is 2.44. The summed E-state index contributed by atoms with van der Waals surface area (Å²) in [6.45, 7) is 0.270. The second kappa shape index (κ2) is 6.84. The summed E-state index contributed by atoms with van der Waals surface area (Å²) >= 11 is 0. The van der Waals surface area contributed by atoms with Crippen LogP contribution >= 0.6 is 0 Å². The Morgan fingerprint density at radius 2 is 1.46 bits per heavy atom. The van der Waals surface area contributed by atoms with Crippen molar-refractivity contribution in [3.63, 3.8) is 0 Å². The smallest absolute Gasteiger partial charge is 0.411 e. The van der Waals surface area contributed by atoms with Crippen molar-refractivity contribution >= 4 is 18.1 Å². The second-order valence-corrected chi connectivity index (χ2v) is 6.19. The predicted molar refractivity (Wildman–Crippen MR) is 101 cm³/mol. The number of hydrogen-bond acceptors (Lipinski definition) is 3. The molecule has 0 saturated carbocycles. The van der Waals surface area contributed by atoms with E-state index in [1.165, 1.54) is 22.3 Å². The number of aldehydes is 1. The molecule has 1 N–H and O–H groups in total. The van der Waals surface area contributed by atoms with Crippen LogP contribution < -0.4 is 5.32 Å². The zero-order chi connectivity index (χ0) is 17.9. The highest BCUT2D eigenvalue weighted by Gasteiger charge is 2.28. The first-order valence-electron chi connectivity index (χ1n) is 8.43. The summed E-state index contributed by atoms with van der Waals surface area (Å²) < 4.78 is 5.48. The topological polar surface area (TPSA) is 55.4 Å². The van der Waals surface area contributed by atoms with E-state index in [0.717, 1.165) is 6.29 Å². The second-order valence-electron chi connectivity index (χ2n) is 6.19. The number of nitrogens with one attached hydrogen (secondary N) is 1. The Labute approximate surface area is 151 Å². The van der Waals surface area contributed by atoms with Crippen LogP contribution in [-0.4, -0.2) is 19.0 Å². The van der Waals surface area contributed by atoms with Gasteiger partial charge in [-0.2, -0.15) is 0 Å². The lowest BCUT2D eigenvalue weighted by Gasteiger charge is -2.14. The van der Waals surface area contributed by atoms with Gasteiger partial charge in [0, 0.05) is 17.2 Å². The monoisotopic (exact) mass is 343 g/mol. The number of rotatable bonds is 4. The number of anilines is 1. The average molecular weight is 343 g/mol. The van der Waals surface area contributed by atoms with Gasteiger partial charge < -0.3 is 4.74 Å². The van der Waals surface area contributed by atoms with Crippen molar-refractivity contribution in [2.75, 3.05) is 11.9 Å². The minimum absolute atomic E-state index is 0.0330. The Morgan fingerprint density at radius 3 is 2.04 bits per heavy atom. The van der Waals surface area contributed by atoms with Crippen LogP contribution in [0, 0.1) is 0 Å². The van der Waals surface area contributed by atoms with Crippen molar-refractivity contribution in [3.05, 3.63) is 89.5 Å². The summed E-state index contributed by atoms with van der Waals surface area (Å²) in [6, 6.07) is 23.1. The normalized spacial score (nSPS) is 12.2. The molecule has 1 aliphatic carbocycles. The van der Waals surface area contributed by atoms with E-state index in [4.69, 9.17) is 4.74 Å². The van der Waals surface area contributed by atoms with Crippen molar-refractivity contribution in [1.82, 2.24) is 0 Å². The molecule has 0 fully saturated rings. The Kier molecular flexibility index (Phi) is 4.23. The third kappa shape index (κ3) is 2.97. The van der Waals surface area contributed by atoms with E-state index in [-0.39, 0.29) is 12.5 Å². The van der Waals surface area contributed by atoms with Crippen LogP contribution in [0.1, 0.15) is 27.4 Å². The number of hydrogen-bond donors (Lipinski definition) is 1. The van der Waals surface area contributed by atoms with E-state index in [9.17, 15) is 9.59 Å². The third-order valence-corrected chi connectivity index (χ3v) is 4.64. The summed E-state index contributed by atoms with van der Waals surface area (Å²) in [5.41, 5.74) is 5.90. The van der Waals surface area contributed by atoms with Crippen LogP contribution in [0.4, 0.5) is 10.5 Å². The van der Waals surface area contributed by atoms with E-state index in [0.29, 0.717) is 11.3 Å². The number of carbonyl (C=O) groups excluding carboxylic acids is 2. The maximum Gasteiger partial charge on any atom is 0.411 e. The van der Waals surface area contributed by atoms with Crippen LogP contribution in [0.5, 0.6) is 0 Å². The Hall–Kier alpha value is -3.40. The summed E-state index contributed by atoms with van der Waals surface area (Å²) in [5, 5.41) is 2.69. The molecule has 0 unspecified atom stereocenters. The lowest BCUT2D eigenvalue weighted by Crippen LogP contribution is -2.17. The minimum atomic E-state index is -0.509. The van der Waals surface area contributed by atoms with E-state index in [1.807, 2.05) is 24.3 Å². The van der Waals surface area contributed by atoms with Crippen LogP contribution in [0.3, 0.4) is 0 Å². The van der Waals surface area contributed by atoms with Gasteiger partial charge in [-0.05, 0) is 46.5 Å². The van der Waals surface area contributed by atoms with Crippen molar-refractivity contribution in [3.8, 4) is 11.1 Å². The summed E-state index contributed by atoms with van der Waals surface area (Å²) in [7, 11) is 0. The van der Waals surface area contributed by atoms with Gasteiger partial charge in [0.1, 0.15) is 12.9 Å². The van der Waals surface area contributed by atoms with Gasteiger partial charge in [0.25, 0.3) is 0 Å². The van der Waals surface area contributed by atoms with Gasteiger partial charge in [-0.1, -0.05) is 48.5 Å². The van der Waals surface area contributed by atoms with E-state index in [1.54, 1.807) is 24.3 Å². The standard InChI is InChI=1S/C22H17NO3/c24-13-15-9-11-16(12-10-15)23-22(25)26-14-21-19-7-3-1-5-17(19)18-6-2-4-8-20(18)21/h1-13,21H,14H2,(H,23,25). The first kappa shape index (κ1) is 16.1. The fourth-order valence-electron chi connectivity index (χ4n) is 3.40.